The molecule has 3 nitrogen and oxygen atoms in total. The third-order valence-corrected chi connectivity index (χ3v) is 2.27. The van der Waals surface area contributed by atoms with Crippen LogP contribution in [0.3, 0.4) is 0 Å². The Hall–Kier alpha value is -0.120. The molecule has 1 saturated heterocycles. The van der Waals surface area contributed by atoms with Gasteiger partial charge in [-0.2, -0.15) is 0 Å². The first-order valence-electron chi connectivity index (χ1n) is 4.27. The molecule has 0 unspecified atom stereocenters. The molecule has 66 valence electrons. The summed E-state index contributed by atoms with van der Waals surface area (Å²) in [4.78, 5) is 2.37. The molecule has 0 spiro atoms. The van der Waals surface area contributed by atoms with Crippen LogP contribution < -0.4 is 5.06 Å². The molecule has 0 aromatic carbocycles. The van der Waals surface area contributed by atoms with E-state index in [1.54, 1.807) is 0 Å². The van der Waals surface area contributed by atoms with Crippen LogP contribution in [0.2, 0.25) is 0 Å². The van der Waals surface area contributed by atoms with Crippen LogP contribution in [0.5, 0.6) is 0 Å². The molecule has 0 aromatic rings. The number of quaternary nitrogens is 1. The minimum atomic E-state index is 0.237. The molecule has 1 aliphatic rings. The van der Waals surface area contributed by atoms with Gasteiger partial charge in [0, 0.05) is 18.6 Å². The van der Waals surface area contributed by atoms with Crippen molar-refractivity contribution < 1.29 is 5.06 Å². The number of nitrogens with zero attached hydrogens (tertiary/aromatic N) is 1. The molecule has 0 aliphatic carbocycles. The largest absolute Gasteiger partial charge is 0.634 e. The molecule has 0 saturated carbocycles. The molecule has 0 aromatic heterocycles. The van der Waals surface area contributed by atoms with E-state index in [4.69, 9.17) is 0 Å². The quantitative estimate of drug-likeness (QED) is 0.481. The third kappa shape index (κ3) is 2.43. The van der Waals surface area contributed by atoms with Gasteiger partial charge in [0.1, 0.15) is 0 Å². The second kappa shape index (κ2) is 3.09. The molecule has 1 heterocycles. The lowest BCUT2D eigenvalue weighted by atomic mass is 10.1. The van der Waals surface area contributed by atoms with Crippen LogP contribution in [-0.4, -0.2) is 36.6 Å². The van der Waals surface area contributed by atoms with E-state index < -0.39 is 0 Å². The highest BCUT2D eigenvalue weighted by Crippen LogP contribution is 2.11. The van der Waals surface area contributed by atoms with Crippen molar-refractivity contribution in [3.05, 3.63) is 5.21 Å². The number of hydrogen-bond donors (Lipinski definition) is 1. The molecule has 0 bridgehead atoms. The van der Waals surface area contributed by atoms with Crippen molar-refractivity contribution in [3.63, 3.8) is 0 Å². The molecule has 11 heavy (non-hydrogen) atoms. The van der Waals surface area contributed by atoms with Crippen molar-refractivity contribution in [1.82, 2.24) is 4.90 Å². The summed E-state index contributed by atoms with van der Waals surface area (Å²) < 4.78 is 0. The second-order valence-corrected chi connectivity index (χ2v) is 4.20. The molecular formula is C8H18N2O. The van der Waals surface area contributed by atoms with Gasteiger partial charge in [0.15, 0.2) is 0 Å². The summed E-state index contributed by atoms with van der Waals surface area (Å²) in [5.74, 6) is 0. The highest BCUT2D eigenvalue weighted by atomic mass is 16.5. The fourth-order valence-electron chi connectivity index (χ4n) is 1.43. The lowest BCUT2D eigenvalue weighted by Gasteiger charge is -2.41. The van der Waals surface area contributed by atoms with Crippen LogP contribution in [0, 0.1) is 5.21 Å². The molecule has 1 fully saturated rings. The van der Waals surface area contributed by atoms with Gasteiger partial charge >= 0.3 is 0 Å². The molecule has 1 rings (SSSR count). The van der Waals surface area contributed by atoms with E-state index in [1.165, 1.54) is 0 Å². The van der Waals surface area contributed by atoms with Crippen molar-refractivity contribution in [3.8, 4) is 0 Å². The van der Waals surface area contributed by atoms with Gasteiger partial charge in [-0.15, -0.1) is 0 Å². The summed E-state index contributed by atoms with van der Waals surface area (Å²) in [6, 6.07) is 0. The van der Waals surface area contributed by atoms with Crippen molar-refractivity contribution in [2.75, 3.05) is 26.2 Å². The van der Waals surface area contributed by atoms with Gasteiger partial charge < -0.3 is 10.3 Å². The van der Waals surface area contributed by atoms with E-state index in [2.05, 4.69) is 25.7 Å². The van der Waals surface area contributed by atoms with E-state index >= 15 is 0 Å². The van der Waals surface area contributed by atoms with Crippen LogP contribution in [0.25, 0.3) is 0 Å². The van der Waals surface area contributed by atoms with E-state index in [0.717, 1.165) is 26.2 Å². The molecule has 0 amide bonds. The van der Waals surface area contributed by atoms with Crippen molar-refractivity contribution in [1.29, 1.82) is 0 Å². The van der Waals surface area contributed by atoms with Gasteiger partial charge in [-0.1, -0.05) is 0 Å². The van der Waals surface area contributed by atoms with Crippen LogP contribution in [-0.2, 0) is 0 Å². The predicted molar refractivity (Wildman–Crippen MR) is 45.4 cm³/mol. The first-order chi connectivity index (χ1) is 5.00. The van der Waals surface area contributed by atoms with Gasteiger partial charge in [0.25, 0.3) is 0 Å². The van der Waals surface area contributed by atoms with E-state index in [-0.39, 0.29) is 5.54 Å². The van der Waals surface area contributed by atoms with Crippen LogP contribution in [0.4, 0.5) is 0 Å². The second-order valence-electron chi connectivity index (χ2n) is 4.20. The van der Waals surface area contributed by atoms with Crippen molar-refractivity contribution in [2.24, 2.45) is 0 Å². The first-order valence-corrected chi connectivity index (χ1v) is 4.27. The van der Waals surface area contributed by atoms with Crippen LogP contribution >= 0.6 is 0 Å². The van der Waals surface area contributed by atoms with Crippen LogP contribution in [0.1, 0.15) is 20.8 Å². The van der Waals surface area contributed by atoms with Gasteiger partial charge in [-0.3, -0.25) is 4.90 Å². The zero-order valence-electron chi connectivity index (χ0n) is 7.68. The Bertz CT molecular complexity index is 123. The first kappa shape index (κ1) is 8.97. The summed E-state index contributed by atoms with van der Waals surface area (Å²) >= 11 is 0. The average molecular weight is 158 g/mol. The highest BCUT2D eigenvalue weighted by molar-refractivity contribution is 4.76. The molecule has 1 N–H and O–H groups in total. The zero-order chi connectivity index (χ0) is 8.48. The Morgan fingerprint density at radius 1 is 1.18 bits per heavy atom. The Morgan fingerprint density at radius 2 is 1.64 bits per heavy atom. The molecule has 0 atom stereocenters. The summed E-state index contributed by atoms with van der Waals surface area (Å²) in [6.07, 6.45) is 0. The smallest absolute Gasteiger partial charge is 0.0898 e. The normalized spacial score (nSPS) is 24.0. The maximum atomic E-state index is 10.9. The minimum absolute atomic E-state index is 0.237. The molecular weight excluding hydrogens is 140 g/mol. The summed E-state index contributed by atoms with van der Waals surface area (Å²) in [5.41, 5.74) is 0.237. The van der Waals surface area contributed by atoms with E-state index in [0.29, 0.717) is 5.06 Å². The van der Waals surface area contributed by atoms with Gasteiger partial charge in [0.05, 0.1) is 13.1 Å². The summed E-state index contributed by atoms with van der Waals surface area (Å²) in [7, 11) is 0. The van der Waals surface area contributed by atoms with Gasteiger partial charge in [0.2, 0.25) is 0 Å². The van der Waals surface area contributed by atoms with E-state index in [9.17, 15) is 5.21 Å². The summed E-state index contributed by atoms with van der Waals surface area (Å²) in [5, 5.41) is 11.3. The number of hydroxylamine groups is 2. The summed E-state index contributed by atoms with van der Waals surface area (Å²) in [6.45, 7) is 9.98. The number of hydrogen-bond acceptors (Lipinski definition) is 2. The Kier molecular flexibility index (Phi) is 2.52. The molecule has 0 radical (unpaired) electrons. The average Bonchev–Trinajstić information content (AvgIpc) is 1.86. The van der Waals surface area contributed by atoms with Crippen molar-refractivity contribution in [2.45, 2.75) is 26.3 Å². The lowest BCUT2D eigenvalue weighted by molar-refractivity contribution is -0.853. The fraction of sp³-hybridized carbons (Fsp3) is 1.00. The van der Waals surface area contributed by atoms with Crippen LogP contribution in [0.15, 0.2) is 0 Å². The monoisotopic (exact) mass is 158 g/mol. The maximum absolute atomic E-state index is 10.9. The topological polar surface area (TPSA) is 30.7 Å². The SMILES string of the molecule is CC(C)(C)N1CC[NH+]([O-])CC1. The van der Waals surface area contributed by atoms with Crippen molar-refractivity contribution >= 4 is 0 Å². The Balaban J connectivity index is 2.39. The third-order valence-electron chi connectivity index (χ3n) is 2.27. The molecule has 1 aliphatic heterocycles. The van der Waals surface area contributed by atoms with Gasteiger partial charge in [-0.05, 0) is 20.8 Å². The van der Waals surface area contributed by atoms with E-state index in [1.807, 2.05) is 0 Å². The fourth-order valence-corrected chi connectivity index (χ4v) is 1.43. The highest BCUT2D eigenvalue weighted by Gasteiger charge is 2.24. The number of rotatable bonds is 0. The Morgan fingerprint density at radius 3 is 2.00 bits per heavy atom. The standard InChI is InChI=1S/C8H18N2O/c1-8(2,3)9-4-6-10(11)7-5-9/h10H,4-7H2,1-3H3. The predicted octanol–water partition coefficient (Wildman–Crippen LogP) is -0.517. The minimum Gasteiger partial charge on any atom is -0.634 e. The van der Waals surface area contributed by atoms with Gasteiger partial charge in [-0.25, -0.2) is 0 Å². The Labute approximate surface area is 68.6 Å². The maximum Gasteiger partial charge on any atom is 0.0898 e. The molecule has 3 heteroatoms. The zero-order valence-corrected chi connectivity index (χ0v) is 7.68. The number of nitrogens with one attached hydrogen (secondary N) is 1. The lowest BCUT2D eigenvalue weighted by Crippen LogP contribution is -3.10. The number of piperazine rings is 1.